The van der Waals surface area contributed by atoms with E-state index in [-0.39, 0.29) is 0 Å². The molecular weight excluding hydrogens is 296 g/mol. The minimum atomic E-state index is 0.519. The van der Waals surface area contributed by atoms with E-state index in [9.17, 15) is 0 Å². The number of hydrogen-bond donors (Lipinski definition) is 0. The van der Waals surface area contributed by atoms with Crippen molar-refractivity contribution >= 4 is 11.8 Å². The van der Waals surface area contributed by atoms with Crippen LogP contribution in [0.2, 0.25) is 0 Å². The second kappa shape index (κ2) is 14.2. The molecule has 0 aliphatic heterocycles. The molecule has 0 aromatic rings. The zero-order valence-corrected chi connectivity index (χ0v) is 17.4. The molecule has 0 aromatic carbocycles. The lowest BCUT2D eigenvalue weighted by molar-refractivity contribution is 0.327. The summed E-state index contributed by atoms with van der Waals surface area (Å²) >= 11 is 1.98. The average molecular weight is 339 g/mol. The maximum Gasteiger partial charge on any atom is -0.00305 e. The third-order valence-corrected chi connectivity index (χ3v) is 5.46. The minimum Gasteiger partial charge on any atom is -0.162 e. The van der Waals surface area contributed by atoms with Gasteiger partial charge in [-0.3, -0.25) is 0 Å². The quantitative estimate of drug-likeness (QED) is 0.287. The Balaban J connectivity index is 0.000000515. The lowest BCUT2D eigenvalue weighted by Gasteiger charge is -2.22. The second-order valence-corrected chi connectivity index (χ2v) is 9.24. The number of hydrogen-bond acceptors (Lipinski definition) is 1. The van der Waals surface area contributed by atoms with Gasteiger partial charge in [0.15, 0.2) is 0 Å². The van der Waals surface area contributed by atoms with E-state index in [1.165, 1.54) is 74.9 Å². The Kier molecular flexibility index (Phi) is 14.1. The smallest absolute Gasteiger partial charge is 0.00305 e. The van der Waals surface area contributed by atoms with Crippen LogP contribution in [0.1, 0.15) is 92.4 Å². The Morgan fingerprint density at radius 2 is 1.87 bits per heavy atom. The molecule has 1 aliphatic rings. The van der Waals surface area contributed by atoms with Crippen molar-refractivity contribution in [2.75, 3.05) is 11.5 Å². The lowest BCUT2D eigenvalue weighted by atomic mass is 9.83. The van der Waals surface area contributed by atoms with Crippen molar-refractivity contribution in [3.05, 3.63) is 24.3 Å². The van der Waals surface area contributed by atoms with Crippen LogP contribution >= 0.6 is 11.8 Å². The number of allylic oxidation sites excluding steroid dienone is 3. The molecule has 0 spiro atoms. The van der Waals surface area contributed by atoms with Gasteiger partial charge in [-0.05, 0) is 61.9 Å². The predicted molar refractivity (Wildman–Crippen MR) is 111 cm³/mol. The fourth-order valence-electron chi connectivity index (χ4n) is 2.88. The summed E-state index contributed by atoms with van der Waals surface area (Å²) in [5, 5.41) is 0. The van der Waals surface area contributed by atoms with E-state index >= 15 is 0 Å². The van der Waals surface area contributed by atoms with Gasteiger partial charge in [0.1, 0.15) is 0 Å². The number of thioether (sulfide) groups is 1. The SMILES string of the molecule is C=C(C)CCSCC.CCCCC(C)(C)C/C=C/C1CCCC1. The molecule has 0 nitrogen and oxygen atoms in total. The molecule has 0 unspecified atom stereocenters. The molecule has 0 heterocycles. The molecule has 0 atom stereocenters. The van der Waals surface area contributed by atoms with Gasteiger partial charge in [0.25, 0.3) is 0 Å². The summed E-state index contributed by atoms with van der Waals surface area (Å²) in [7, 11) is 0. The van der Waals surface area contributed by atoms with Gasteiger partial charge in [-0.1, -0.05) is 71.1 Å². The Bertz CT molecular complexity index is 308. The molecule has 0 saturated heterocycles. The number of unbranched alkanes of at least 4 members (excludes halogenated alkanes) is 1. The molecular formula is C22H42S. The number of rotatable bonds is 10. The van der Waals surface area contributed by atoms with Crippen molar-refractivity contribution in [2.45, 2.75) is 92.4 Å². The van der Waals surface area contributed by atoms with Crippen LogP contribution in [0, 0.1) is 11.3 Å². The fraction of sp³-hybridized carbons (Fsp3) is 0.818. The first-order valence-corrected chi connectivity index (χ1v) is 11.0. The van der Waals surface area contributed by atoms with Crippen LogP contribution in [0.5, 0.6) is 0 Å². The van der Waals surface area contributed by atoms with Gasteiger partial charge in [-0.2, -0.15) is 11.8 Å². The van der Waals surface area contributed by atoms with Crippen molar-refractivity contribution in [2.24, 2.45) is 11.3 Å². The summed E-state index contributed by atoms with van der Waals surface area (Å²) in [6.45, 7) is 15.2. The summed E-state index contributed by atoms with van der Waals surface area (Å²) < 4.78 is 0. The van der Waals surface area contributed by atoms with E-state index in [0.717, 1.165) is 5.92 Å². The van der Waals surface area contributed by atoms with E-state index < -0.39 is 0 Å². The molecule has 1 rings (SSSR count). The minimum absolute atomic E-state index is 0.519. The molecule has 0 aromatic heterocycles. The highest BCUT2D eigenvalue weighted by Gasteiger charge is 2.16. The van der Waals surface area contributed by atoms with Gasteiger partial charge in [-0.15, -0.1) is 6.58 Å². The van der Waals surface area contributed by atoms with Crippen LogP contribution in [0.15, 0.2) is 24.3 Å². The van der Waals surface area contributed by atoms with E-state index in [2.05, 4.69) is 53.3 Å². The normalized spacial score (nSPS) is 15.7. The van der Waals surface area contributed by atoms with Crippen LogP contribution in [0.25, 0.3) is 0 Å². The zero-order valence-electron chi connectivity index (χ0n) is 16.6. The van der Waals surface area contributed by atoms with Crippen LogP contribution in [-0.4, -0.2) is 11.5 Å². The molecule has 0 N–H and O–H groups in total. The topological polar surface area (TPSA) is 0 Å². The van der Waals surface area contributed by atoms with E-state index in [1.807, 2.05) is 11.8 Å². The van der Waals surface area contributed by atoms with Gasteiger partial charge >= 0.3 is 0 Å². The second-order valence-electron chi connectivity index (χ2n) is 7.85. The molecule has 1 fully saturated rings. The molecule has 0 bridgehead atoms. The zero-order chi connectivity index (χ0) is 17.6. The van der Waals surface area contributed by atoms with E-state index in [1.54, 1.807) is 0 Å². The molecule has 0 amide bonds. The summed E-state index contributed by atoms with van der Waals surface area (Å²) in [6.07, 6.45) is 17.2. The predicted octanol–water partition coefficient (Wildman–Crippen LogP) is 8.05. The standard InChI is InChI=1S/C15H28.C7H14S/c1-4-5-12-15(2,3)13-8-11-14-9-6-7-10-14;1-4-8-6-5-7(2)3/h8,11,14H,4-7,9-10,12-13H2,1-3H3;2,4-6H2,1,3H3/b11-8+;. The van der Waals surface area contributed by atoms with Crippen LogP contribution in [0.3, 0.4) is 0 Å². The molecule has 1 heteroatoms. The van der Waals surface area contributed by atoms with Gasteiger partial charge < -0.3 is 0 Å². The highest BCUT2D eigenvalue weighted by molar-refractivity contribution is 7.99. The Hall–Kier alpha value is -0.170. The van der Waals surface area contributed by atoms with Gasteiger partial charge in [-0.25, -0.2) is 0 Å². The average Bonchev–Trinajstić information content (AvgIpc) is 2.99. The molecule has 1 aliphatic carbocycles. The largest absolute Gasteiger partial charge is 0.162 e. The van der Waals surface area contributed by atoms with Crippen molar-refractivity contribution in [3.8, 4) is 0 Å². The van der Waals surface area contributed by atoms with Crippen LogP contribution in [0.4, 0.5) is 0 Å². The van der Waals surface area contributed by atoms with Gasteiger partial charge in [0.2, 0.25) is 0 Å². The van der Waals surface area contributed by atoms with Crippen LogP contribution < -0.4 is 0 Å². The first kappa shape index (κ1) is 22.8. The molecule has 23 heavy (non-hydrogen) atoms. The Morgan fingerprint density at radius 1 is 1.22 bits per heavy atom. The summed E-state index contributed by atoms with van der Waals surface area (Å²) in [6, 6.07) is 0. The highest BCUT2D eigenvalue weighted by Crippen LogP contribution is 2.30. The first-order valence-electron chi connectivity index (χ1n) is 9.80. The summed E-state index contributed by atoms with van der Waals surface area (Å²) in [5.41, 5.74) is 1.82. The Labute approximate surface area is 151 Å². The van der Waals surface area contributed by atoms with Crippen molar-refractivity contribution in [3.63, 3.8) is 0 Å². The summed E-state index contributed by atoms with van der Waals surface area (Å²) in [4.78, 5) is 0. The van der Waals surface area contributed by atoms with Crippen LogP contribution in [-0.2, 0) is 0 Å². The monoisotopic (exact) mass is 338 g/mol. The lowest BCUT2D eigenvalue weighted by Crippen LogP contribution is -2.09. The molecule has 0 radical (unpaired) electrons. The summed E-state index contributed by atoms with van der Waals surface area (Å²) in [5.74, 6) is 3.38. The Morgan fingerprint density at radius 3 is 2.39 bits per heavy atom. The van der Waals surface area contributed by atoms with Crippen molar-refractivity contribution in [1.82, 2.24) is 0 Å². The van der Waals surface area contributed by atoms with E-state index in [0.29, 0.717) is 5.41 Å². The molecule has 136 valence electrons. The maximum absolute atomic E-state index is 3.81. The molecule has 1 saturated carbocycles. The van der Waals surface area contributed by atoms with Crippen molar-refractivity contribution < 1.29 is 0 Å². The van der Waals surface area contributed by atoms with E-state index in [4.69, 9.17) is 0 Å². The highest BCUT2D eigenvalue weighted by atomic mass is 32.2. The maximum atomic E-state index is 3.81. The van der Waals surface area contributed by atoms with Gasteiger partial charge in [0.05, 0.1) is 0 Å². The first-order chi connectivity index (χ1) is 10.9. The third kappa shape index (κ3) is 15.1. The van der Waals surface area contributed by atoms with Gasteiger partial charge in [0, 0.05) is 0 Å². The fourth-order valence-corrected chi connectivity index (χ4v) is 3.66. The third-order valence-electron chi connectivity index (χ3n) is 4.56. The van der Waals surface area contributed by atoms with Crippen molar-refractivity contribution in [1.29, 1.82) is 0 Å².